The van der Waals surface area contributed by atoms with Crippen LogP contribution in [0.3, 0.4) is 0 Å². The SMILES string of the molecule is COc1ccc2c(c1)C1NC(C(=O)O)CS(=O)(=O)C1C2. The summed E-state index contributed by atoms with van der Waals surface area (Å²) in [6, 6.07) is 3.89. The van der Waals surface area contributed by atoms with Crippen molar-refractivity contribution in [1.29, 1.82) is 0 Å². The van der Waals surface area contributed by atoms with Crippen molar-refractivity contribution in [2.75, 3.05) is 12.9 Å². The first-order valence-corrected chi connectivity index (χ1v) is 8.01. The molecule has 0 bridgehead atoms. The summed E-state index contributed by atoms with van der Waals surface area (Å²) in [5.41, 5.74) is 1.76. The molecule has 0 spiro atoms. The molecule has 6 nitrogen and oxygen atoms in total. The van der Waals surface area contributed by atoms with Gasteiger partial charge in [0.05, 0.1) is 24.2 Å². The standard InChI is InChI=1S/C13H15NO5S/c1-19-8-3-2-7-4-11-12(9(7)5-8)14-10(13(15)16)6-20(11,17)18/h2-3,5,10-12,14H,4,6H2,1H3,(H,15,16). The maximum atomic E-state index is 12.3. The highest BCUT2D eigenvalue weighted by atomic mass is 32.2. The minimum absolute atomic E-state index is 0.353. The third-order valence-electron chi connectivity index (χ3n) is 4.02. The molecule has 2 N–H and O–H groups in total. The van der Waals surface area contributed by atoms with Gasteiger partial charge < -0.3 is 9.84 Å². The second-order valence-electron chi connectivity index (χ2n) is 5.17. The minimum Gasteiger partial charge on any atom is -0.497 e. The van der Waals surface area contributed by atoms with E-state index in [-0.39, 0.29) is 5.75 Å². The van der Waals surface area contributed by atoms with E-state index in [0.29, 0.717) is 12.2 Å². The number of benzene rings is 1. The van der Waals surface area contributed by atoms with Gasteiger partial charge in [-0.05, 0) is 29.7 Å². The molecule has 3 unspecified atom stereocenters. The zero-order valence-electron chi connectivity index (χ0n) is 10.9. The number of hydrogen-bond acceptors (Lipinski definition) is 5. The lowest BCUT2D eigenvalue weighted by molar-refractivity contribution is -0.139. The van der Waals surface area contributed by atoms with Gasteiger partial charge in [-0.3, -0.25) is 10.1 Å². The summed E-state index contributed by atoms with van der Waals surface area (Å²) < 4.78 is 29.7. The van der Waals surface area contributed by atoms with E-state index in [1.165, 1.54) is 0 Å². The van der Waals surface area contributed by atoms with Crippen molar-refractivity contribution in [2.24, 2.45) is 0 Å². The Kier molecular flexibility index (Phi) is 2.98. The molecule has 1 heterocycles. The number of ether oxygens (including phenoxy) is 1. The Labute approximate surface area is 116 Å². The Bertz CT molecular complexity index is 669. The zero-order chi connectivity index (χ0) is 14.5. The van der Waals surface area contributed by atoms with E-state index in [2.05, 4.69) is 5.32 Å². The predicted octanol–water partition coefficient (Wildman–Crippen LogP) is 0.132. The number of rotatable bonds is 2. The van der Waals surface area contributed by atoms with E-state index in [1.54, 1.807) is 19.2 Å². The number of aliphatic carboxylic acids is 1. The fraction of sp³-hybridized carbons (Fsp3) is 0.462. The Balaban J connectivity index is 2.04. The molecule has 1 saturated heterocycles. The molecule has 0 radical (unpaired) electrons. The monoisotopic (exact) mass is 297 g/mol. The number of nitrogens with one attached hydrogen (secondary N) is 1. The van der Waals surface area contributed by atoms with Crippen molar-refractivity contribution in [3.05, 3.63) is 29.3 Å². The van der Waals surface area contributed by atoms with Gasteiger partial charge in [0, 0.05) is 0 Å². The van der Waals surface area contributed by atoms with Gasteiger partial charge in [0.25, 0.3) is 0 Å². The maximum absolute atomic E-state index is 12.3. The number of carbonyl (C=O) groups is 1. The first-order chi connectivity index (χ1) is 9.42. The third-order valence-corrected chi connectivity index (χ3v) is 6.18. The van der Waals surface area contributed by atoms with Crippen LogP contribution in [0, 0.1) is 0 Å². The highest BCUT2D eigenvalue weighted by molar-refractivity contribution is 7.92. The summed E-state index contributed by atoms with van der Waals surface area (Å²) in [5, 5.41) is 11.4. The predicted molar refractivity (Wildman–Crippen MR) is 71.6 cm³/mol. The fourth-order valence-corrected chi connectivity index (χ4v) is 5.03. The molecule has 1 fully saturated rings. The first-order valence-electron chi connectivity index (χ1n) is 6.29. The van der Waals surface area contributed by atoms with Crippen LogP contribution in [0.25, 0.3) is 0 Å². The van der Waals surface area contributed by atoms with Gasteiger partial charge in [-0.15, -0.1) is 0 Å². The smallest absolute Gasteiger partial charge is 0.321 e. The summed E-state index contributed by atoms with van der Waals surface area (Å²) in [7, 11) is -1.88. The van der Waals surface area contributed by atoms with Crippen LogP contribution in [0.2, 0.25) is 0 Å². The molecular formula is C13H15NO5S. The van der Waals surface area contributed by atoms with Crippen LogP contribution >= 0.6 is 0 Å². The van der Waals surface area contributed by atoms with Crippen molar-refractivity contribution >= 4 is 15.8 Å². The molecule has 1 aromatic rings. The van der Waals surface area contributed by atoms with Crippen LogP contribution < -0.4 is 10.1 Å². The molecule has 0 saturated carbocycles. The average molecular weight is 297 g/mol. The molecule has 1 aliphatic carbocycles. The molecule has 2 aliphatic rings. The van der Waals surface area contributed by atoms with Crippen LogP contribution in [-0.4, -0.2) is 43.6 Å². The first kappa shape index (κ1) is 13.4. The Hall–Kier alpha value is -1.60. The lowest BCUT2D eigenvalue weighted by Gasteiger charge is -2.31. The van der Waals surface area contributed by atoms with Gasteiger partial charge in [0.15, 0.2) is 9.84 Å². The highest BCUT2D eigenvalue weighted by Crippen LogP contribution is 2.40. The summed E-state index contributed by atoms with van der Waals surface area (Å²) in [5.74, 6) is -0.848. The Morgan fingerprint density at radius 1 is 1.45 bits per heavy atom. The van der Waals surface area contributed by atoms with Gasteiger partial charge in [0.1, 0.15) is 11.8 Å². The molecule has 1 aliphatic heterocycles. The molecular weight excluding hydrogens is 282 g/mol. The molecule has 7 heteroatoms. The molecule has 108 valence electrons. The molecule has 3 atom stereocenters. The molecule has 1 aromatic carbocycles. The normalized spacial score (nSPS) is 30.4. The van der Waals surface area contributed by atoms with Crippen molar-refractivity contribution in [2.45, 2.75) is 23.8 Å². The van der Waals surface area contributed by atoms with E-state index in [4.69, 9.17) is 9.84 Å². The lowest BCUT2D eigenvalue weighted by atomic mass is 10.1. The van der Waals surface area contributed by atoms with Crippen molar-refractivity contribution in [3.63, 3.8) is 0 Å². The van der Waals surface area contributed by atoms with E-state index >= 15 is 0 Å². The van der Waals surface area contributed by atoms with Crippen LogP contribution in [0.1, 0.15) is 17.2 Å². The van der Waals surface area contributed by atoms with E-state index in [9.17, 15) is 13.2 Å². The Morgan fingerprint density at radius 3 is 2.85 bits per heavy atom. The van der Waals surface area contributed by atoms with Crippen LogP contribution in [0.4, 0.5) is 0 Å². The second kappa shape index (κ2) is 4.46. The number of methoxy groups -OCH3 is 1. The van der Waals surface area contributed by atoms with Gasteiger partial charge in [-0.2, -0.15) is 0 Å². The second-order valence-corrected chi connectivity index (χ2v) is 7.44. The number of hydrogen-bond donors (Lipinski definition) is 2. The molecule has 3 rings (SSSR count). The van der Waals surface area contributed by atoms with Crippen LogP contribution in [-0.2, 0) is 21.1 Å². The number of fused-ring (bicyclic) bond motifs is 3. The van der Waals surface area contributed by atoms with Crippen molar-refractivity contribution in [3.8, 4) is 5.75 Å². The Morgan fingerprint density at radius 2 is 2.20 bits per heavy atom. The van der Waals surface area contributed by atoms with Crippen LogP contribution in [0.5, 0.6) is 5.75 Å². The zero-order valence-corrected chi connectivity index (χ0v) is 11.7. The van der Waals surface area contributed by atoms with Gasteiger partial charge in [-0.1, -0.05) is 6.07 Å². The van der Waals surface area contributed by atoms with Crippen LogP contribution in [0.15, 0.2) is 18.2 Å². The molecule has 0 amide bonds. The van der Waals surface area contributed by atoms with E-state index < -0.39 is 33.1 Å². The molecule has 20 heavy (non-hydrogen) atoms. The van der Waals surface area contributed by atoms with Gasteiger partial charge in [0.2, 0.25) is 0 Å². The average Bonchev–Trinajstić information content (AvgIpc) is 2.77. The lowest BCUT2D eigenvalue weighted by Crippen LogP contribution is -2.54. The van der Waals surface area contributed by atoms with Crippen molar-refractivity contribution in [1.82, 2.24) is 5.32 Å². The third kappa shape index (κ3) is 1.97. The number of carboxylic acids is 1. The fourth-order valence-electron chi connectivity index (χ4n) is 3.01. The van der Waals surface area contributed by atoms with Gasteiger partial charge >= 0.3 is 5.97 Å². The largest absolute Gasteiger partial charge is 0.497 e. The minimum atomic E-state index is -3.43. The van der Waals surface area contributed by atoms with E-state index in [1.807, 2.05) is 6.07 Å². The highest BCUT2D eigenvalue weighted by Gasteiger charge is 2.48. The summed E-state index contributed by atoms with van der Waals surface area (Å²) in [4.78, 5) is 11.1. The maximum Gasteiger partial charge on any atom is 0.321 e. The molecule has 0 aromatic heterocycles. The summed E-state index contributed by atoms with van der Waals surface area (Å²) in [6.45, 7) is 0. The number of carboxylic acid groups (broad SMARTS) is 1. The number of sulfone groups is 1. The van der Waals surface area contributed by atoms with Gasteiger partial charge in [-0.25, -0.2) is 8.42 Å². The quantitative estimate of drug-likeness (QED) is 0.806. The van der Waals surface area contributed by atoms with E-state index in [0.717, 1.165) is 11.1 Å². The van der Waals surface area contributed by atoms with Crippen molar-refractivity contribution < 1.29 is 23.1 Å². The summed E-state index contributed by atoms with van der Waals surface area (Å²) in [6.07, 6.45) is 0.422. The summed E-state index contributed by atoms with van der Waals surface area (Å²) >= 11 is 0. The topological polar surface area (TPSA) is 92.7 Å².